The first-order valence-corrected chi connectivity index (χ1v) is 6.85. The van der Waals surface area contributed by atoms with Crippen molar-refractivity contribution in [2.24, 2.45) is 11.7 Å². The van der Waals surface area contributed by atoms with Crippen LogP contribution in [0, 0.1) is 5.92 Å². The van der Waals surface area contributed by atoms with E-state index >= 15 is 0 Å². The summed E-state index contributed by atoms with van der Waals surface area (Å²) in [6, 6.07) is 0. The molecule has 1 atom stereocenters. The lowest BCUT2D eigenvalue weighted by Gasteiger charge is -2.30. The van der Waals surface area contributed by atoms with E-state index in [1.54, 1.807) is 0 Å². The van der Waals surface area contributed by atoms with Crippen molar-refractivity contribution in [2.75, 3.05) is 18.8 Å². The molecule has 0 aromatic heterocycles. The van der Waals surface area contributed by atoms with Crippen LogP contribution in [-0.4, -0.2) is 37.5 Å². The monoisotopic (exact) mass is 234 g/mol. The Labute approximate surface area is 90.7 Å². The van der Waals surface area contributed by atoms with Crippen LogP contribution in [-0.2, 0) is 14.8 Å². The zero-order valence-corrected chi connectivity index (χ0v) is 9.79. The predicted octanol–water partition coefficient (Wildman–Crippen LogP) is -0.0765. The minimum atomic E-state index is -3.17. The van der Waals surface area contributed by atoms with Crippen molar-refractivity contribution >= 4 is 15.9 Å². The van der Waals surface area contributed by atoms with E-state index in [9.17, 15) is 13.2 Å². The molecule has 0 unspecified atom stereocenters. The van der Waals surface area contributed by atoms with Crippen molar-refractivity contribution in [3.8, 4) is 0 Å². The number of nitrogens with two attached hydrogens (primary N) is 1. The standard InChI is InChI=1S/C9H18N2O3S/c1-2-6-15(13,14)11-5-3-4-8(7-11)9(10)12/h8H,2-7H2,1H3,(H2,10,12)/t8-/m1/s1. The van der Waals surface area contributed by atoms with Crippen molar-refractivity contribution in [2.45, 2.75) is 26.2 Å². The normalized spacial score (nSPS) is 23.9. The Bertz CT molecular complexity index is 326. The van der Waals surface area contributed by atoms with E-state index in [1.165, 1.54) is 4.31 Å². The molecule has 15 heavy (non-hydrogen) atoms. The fraction of sp³-hybridized carbons (Fsp3) is 0.889. The molecule has 0 aliphatic carbocycles. The summed E-state index contributed by atoms with van der Waals surface area (Å²) in [5.41, 5.74) is 5.19. The molecule has 1 aliphatic rings. The number of sulfonamides is 1. The Morgan fingerprint density at radius 3 is 2.73 bits per heavy atom. The first-order chi connectivity index (χ1) is 6.97. The predicted molar refractivity (Wildman–Crippen MR) is 57.6 cm³/mol. The van der Waals surface area contributed by atoms with Gasteiger partial charge in [-0.2, -0.15) is 0 Å². The lowest BCUT2D eigenvalue weighted by Crippen LogP contribution is -2.44. The molecule has 0 bridgehead atoms. The molecule has 0 spiro atoms. The summed E-state index contributed by atoms with van der Waals surface area (Å²) in [5.74, 6) is -0.560. The number of carbonyl (C=O) groups excluding carboxylic acids is 1. The highest BCUT2D eigenvalue weighted by Crippen LogP contribution is 2.19. The molecule has 0 aromatic carbocycles. The topological polar surface area (TPSA) is 80.5 Å². The molecule has 1 saturated heterocycles. The maximum atomic E-state index is 11.7. The van der Waals surface area contributed by atoms with Crippen molar-refractivity contribution in [1.29, 1.82) is 0 Å². The minimum Gasteiger partial charge on any atom is -0.369 e. The molecule has 1 fully saturated rings. The fourth-order valence-corrected chi connectivity index (χ4v) is 3.40. The summed E-state index contributed by atoms with van der Waals surface area (Å²) < 4.78 is 24.9. The number of piperidine rings is 1. The van der Waals surface area contributed by atoms with Crippen molar-refractivity contribution in [3.05, 3.63) is 0 Å². The van der Waals surface area contributed by atoms with E-state index in [0.29, 0.717) is 19.4 Å². The second-order valence-corrected chi connectivity index (χ2v) is 6.00. The number of nitrogens with zero attached hydrogens (tertiary/aromatic N) is 1. The Morgan fingerprint density at radius 1 is 1.53 bits per heavy atom. The van der Waals surface area contributed by atoms with Crippen LogP contribution in [0.25, 0.3) is 0 Å². The molecule has 1 heterocycles. The van der Waals surface area contributed by atoms with Crippen LogP contribution in [0.2, 0.25) is 0 Å². The fourth-order valence-electron chi connectivity index (χ4n) is 1.81. The molecule has 1 rings (SSSR count). The first-order valence-electron chi connectivity index (χ1n) is 5.24. The molecule has 2 N–H and O–H groups in total. The van der Waals surface area contributed by atoms with E-state index in [-0.39, 0.29) is 18.2 Å². The van der Waals surface area contributed by atoms with Crippen LogP contribution in [0.15, 0.2) is 0 Å². The van der Waals surface area contributed by atoms with E-state index in [2.05, 4.69) is 0 Å². The smallest absolute Gasteiger partial charge is 0.221 e. The Kier molecular flexibility index (Phi) is 4.10. The summed E-state index contributed by atoms with van der Waals surface area (Å²) in [4.78, 5) is 11.0. The summed E-state index contributed by atoms with van der Waals surface area (Å²) in [6.45, 7) is 2.61. The van der Waals surface area contributed by atoms with Gasteiger partial charge in [0, 0.05) is 13.1 Å². The van der Waals surface area contributed by atoms with Gasteiger partial charge < -0.3 is 5.73 Å². The number of amides is 1. The number of hydrogen-bond donors (Lipinski definition) is 1. The highest BCUT2D eigenvalue weighted by atomic mass is 32.2. The quantitative estimate of drug-likeness (QED) is 0.739. The molecule has 1 aliphatic heterocycles. The van der Waals surface area contributed by atoms with Crippen molar-refractivity contribution in [3.63, 3.8) is 0 Å². The molecule has 0 aromatic rings. The molecular formula is C9H18N2O3S. The Balaban J connectivity index is 2.67. The van der Waals surface area contributed by atoms with Gasteiger partial charge in [-0.15, -0.1) is 0 Å². The summed E-state index contributed by atoms with van der Waals surface area (Å²) in [7, 11) is -3.17. The zero-order chi connectivity index (χ0) is 11.5. The van der Waals surface area contributed by atoms with Crippen LogP contribution in [0.3, 0.4) is 0 Å². The van der Waals surface area contributed by atoms with Crippen LogP contribution < -0.4 is 5.73 Å². The van der Waals surface area contributed by atoms with Gasteiger partial charge in [-0.05, 0) is 19.3 Å². The average Bonchev–Trinajstić information content (AvgIpc) is 2.18. The second-order valence-electron chi connectivity index (χ2n) is 3.92. The molecule has 88 valence electrons. The first kappa shape index (κ1) is 12.4. The van der Waals surface area contributed by atoms with Crippen molar-refractivity contribution in [1.82, 2.24) is 4.31 Å². The number of carbonyl (C=O) groups is 1. The van der Waals surface area contributed by atoms with Gasteiger partial charge in [-0.1, -0.05) is 6.92 Å². The third-order valence-electron chi connectivity index (χ3n) is 2.64. The summed E-state index contributed by atoms with van der Waals surface area (Å²) >= 11 is 0. The molecule has 5 nitrogen and oxygen atoms in total. The van der Waals surface area contributed by atoms with Crippen LogP contribution in [0.1, 0.15) is 26.2 Å². The van der Waals surface area contributed by atoms with E-state index in [4.69, 9.17) is 5.73 Å². The zero-order valence-electron chi connectivity index (χ0n) is 8.98. The molecule has 0 saturated carbocycles. The highest BCUT2D eigenvalue weighted by molar-refractivity contribution is 7.89. The maximum Gasteiger partial charge on any atom is 0.221 e. The molecular weight excluding hydrogens is 216 g/mol. The SMILES string of the molecule is CCCS(=O)(=O)N1CCC[C@@H](C(N)=O)C1. The van der Waals surface area contributed by atoms with Crippen molar-refractivity contribution < 1.29 is 13.2 Å². The number of hydrogen-bond acceptors (Lipinski definition) is 3. The van der Waals surface area contributed by atoms with Gasteiger partial charge in [0.25, 0.3) is 0 Å². The van der Waals surface area contributed by atoms with Gasteiger partial charge in [0.2, 0.25) is 15.9 Å². The van der Waals surface area contributed by atoms with Crippen LogP contribution in [0.4, 0.5) is 0 Å². The largest absolute Gasteiger partial charge is 0.369 e. The van der Waals surface area contributed by atoms with Gasteiger partial charge in [-0.3, -0.25) is 4.79 Å². The van der Waals surface area contributed by atoms with E-state index in [0.717, 1.165) is 6.42 Å². The maximum absolute atomic E-state index is 11.7. The third-order valence-corrected chi connectivity index (χ3v) is 4.68. The van der Waals surface area contributed by atoms with E-state index in [1.807, 2.05) is 6.92 Å². The van der Waals surface area contributed by atoms with Gasteiger partial charge in [0.15, 0.2) is 0 Å². The lowest BCUT2D eigenvalue weighted by molar-refractivity contribution is -0.122. The van der Waals surface area contributed by atoms with Gasteiger partial charge in [0.05, 0.1) is 11.7 Å². The molecule has 0 radical (unpaired) electrons. The molecule has 1 amide bonds. The average molecular weight is 234 g/mol. The van der Waals surface area contributed by atoms with E-state index < -0.39 is 15.9 Å². The Morgan fingerprint density at radius 2 is 2.20 bits per heavy atom. The van der Waals surface area contributed by atoms with Gasteiger partial charge in [-0.25, -0.2) is 12.7 Å². The Hall–Kier alpha value is -0.620. The molecule has 6 heteroatoms. The highest BCUT2D eigenvalue weighted by Gasteiger charge is 2.30. The number of rotatable bonds is 4. The third kappa shape index (κ3) is 3.17. The summed E-state index contributed by atoms with van der Waals surface area (Å²) in [6.07, 6.45) is 2.02. The minimum absolute atomic E-state index is 0.151. The van der Waals surface area contributed by atoms with Crippen LogP contribution >= 0.6 is 0 Å². The van der Waals surface area contributed by atoms with Gasteiger partial charge >= 0.3 is 0 Å². The van der Waals surface area contributed by atoms with Crippen LogP contribution in [0.5, 0.6) is 0 Å². The lowest BCUT2D eigenvalue weighted by atomic mass is 9.99. The second kappa shape index (κ2) is 4.94. The van der Waals surface area contributed by atoms with Gasteiger partial charge in [0.1, 0.15) is 0 Å². The summed E-state index contributed by atoms with van der Waals surface area (Å²) in [5, 5.41) is 0. The number of primary amides is 1.